The van der Waals surface area contributed by atoms with Crippen LogP contribution in [0.2, 0.25) is 0 Å². The summed E-state index contributed by atoms with van der Waals surface area (Å²) in [6.45, 7) is 1.23. The zero-order valence-electron chi connectivity index (χ0n) is 16.8. The summed E-state index contributed by atoms with van der Waals surface area (Å²) in [6, 6.07) is 11.9. The molecule has 0 unspecified atom stereocenters. The van der Waals surface area contributed by atoms with Gasteiger partial charge in [-0.3, -0.25) is 9.59 Å². The Kier molecular flexibility index (Phi) is 5.76. The van der Waals surface area contributed by atoms with Gasteiger partial charge in [0.05, 0.1) is 31.5 Å². The number of imidazole rings is 1. The Morgan fingerprint density at radius 1 is 1.20 bits per heavy atom. The maximum atomic E-state index is 12.9. The van der Waals surface area contributed by atoms with E-state index in [-0.39, 0.29) is 24.8 Å². The Bertz CT molecular complexity index is 1050. The van der Waals surface area contributed by atoms with Crippen molar-refractivity contribution in [1.82, 2.24) is 19.4 Å². The van der Waals surface area contributed by atoms with Crippen molar-refractivity contribution >= 4 is 23.0 Å². The fraction of sp³-hybridized carbons (Fsp3) is 0.364. The number of likely N-dealkylation sites (tertiary alicyclic amines) is 1. The van der Waals surface area contributed by atoms with Crippen LogP contribution in [-0.4, -0.2) is 62.7 Å². The van der Waals surface area contributed by atoms with E-state index in [1.54, 1.807) is 23.5 Å². The Morgan fingerprint density at radius 2 is 2.00 bits per heavy atom. The quantitative estimate of drug-likeness (QED) is 0.623. The van der Waals surface area contributed by atoms with Gasteiger partial charge < -0.3 is 19.3 Å². The predicted molar refractivity (Wildman–Crippen MR) is 110 cm³/mol. The second kappa shape index (κ2) is 8.62. The molecule has 1 aliphatic rings. The Morgan fingerprint density at radius 3 is 2.77 bits per heavy atom. The molecule has 0 aliphatic carbocycles. The number of hydrogen-bond donors (Lipinski definition) is 1. The first-order valence-corrected chi connectivity index (χ1v) is 9.94. The van der Waals surface area contributed by atoms with Crippen molar-refractivity contribution in [2.24, 2.45) is 5.92 Å². The number of carbonyl (C=O) groups is 2. The molecule has 8 nitrogen and oxygen atoms in total. The van der Waals surface area contributed by atoms with Gasteiger partial charge in [-0.2, -0.15) is 0 Å². The summed E-state index contributed by atoms with van der Waals surface area (Å²) < 4.78 is 6.64. The van der Waals surface area contributed by atoms with Gasteiger partial charge in [0.15, 0.2) is 5.65 Å². The van der Waals surface area contributed by atoms with Crippen LogP contribution in [0.5, 0.6) is 0 Å². The van der Waals surface area contributed by atoms with Crippen LogP contribution in [0.15, 0.2) is 48.9 Å². The molecule has 156 valence electrons. The van der Waals surface area contributed by atoms with E-state index >= 15 is 0 Å². The number of methoxy groups -OCH3 is 1. The van der Waals surface area contributed by atoms with Crippen LogP contribution in [0, 0.1) is 5.92 Å². The molecule has 1 aliphatic heterocycles. The number of pyridine rings is 1. The molecule has 0 bridgehead atoms. The van der Waals surface area contributed by atoms with Gasteiger partial charge in [0, 0.05) is 31.7 Å². The van der Waals surface area contributed by atoms with Crippen LogP contribution in [0.1, 0.15) is 22.3 Å². The van der Waals surface area contributed by atoms with E-state index < -0.39 is 12.1 Å². The minimum Gasteiger partial charge on any atom is -0.469 e. The van der Waals surface area contributed by atoms with E-state index in [1.807, 2.05) is 22.8 Å². The van der Waals surface area contributed by atoms with Crippen LogP contribution >= 0.6 is 0 Å². The van der Waals surface area contributed by atoms with Crippen LogP contribution in [0.25, 0.3) is 11.2 Å². The lowest BCUT2D eigenvalue weighted by atomic mass is 10.0. The van der Waals surface area contributed by atoms with Crippen LogP contribution in [0.3, 0.4) is 0 Å². The van der Waals surface area contributed by atoms with Crippen LogP contribution in [-0.2, 0) is 22.5 Å². The molecule has 1 aromatic carbocycles. The molecule has 1 N–H and O–H groups in total. The minimum atomic E-state index is -0.748. The summed E-state index contributed by atoms with van der Waals surface area (Å²) >= 11 is 0. The molecule has 3 heterocycles. The predicted octanol–water partition coefficient (Wildman–Crippen LogP) is 1.67. The van der Waals surface area contributed by atoms with Crippen molar-refractivity contribution in [2.45, 2.75) is 25.5 Å². The first-order chi connectivity index (χ1) is 14.5. The molecule has 0 radical (unpaired) electrons. The molecular weight excluding hydrogens is 384 g/mol. The maximum Gasteiger partial charge on any atom is 0.305 e. The number of aliphatic hydroxyl groups is 1. The Labute approximate surface area is 174 Å². The second-order valence-corrected chi connectivity index (χ2v) is 7.56. The monoisotopic (exact) mass is 408 g/mol. The van der Waals surface area contributed by atoms with Crippen molar-refractivity contribution in [2.75, 3.05) is 20.2 Å². The molecule has 1 saturated heterocycles. The lowest BCUT2D eigenvalue weighted by Gasteiger charge is -2.15. The van der Waals surface area contributed by atoms with Gasteiger partial charge in [0.1, 0.15) is 5.52 Å². The molecule has 0 spiro atoms. The van der Waals surface area contributed by atoms with Gasteiger partial charge in [-0.1, -0.05) is 30.3 Å². The summed E-state index contributed by atoms with van der Waals surface area (Å²) in [6.07, 6.45) is 3.49. The summed E-state index contributed by atoms with van der Waals surface area (Å²) in [4.78, 5) is 34.8. The number of hydrogen-bond acceptors (Lipinski definition) is 6. The zero-order valence-corrected chi connectivity index (χ0v) is 16.8. The first kappa shape index (κ1) is 20.0. The fourth-order valence-electron chi connectivity index (χ4n) is 3.82. The first-order valence-electron chi connectivity index (χ1n) is 9.94. The van der Waals surface area contributed by atoms with E-state index in [1.165, 1.54) is 12.7 Å². The minimum absolute atomic E-state index is 0.0878. The number of rotatable bonds is 6. The smallest absolute Gasteiger partial charge is 0.305 e. The average molecular weight is 408 g/mol. The number of esters is 1. The number of amides is 1. The standard InChI is InChI=1S/C22H24N4O4/c1-30-20(28)10-17-12-26(13-19(17)27)22(29)16-9-18-21(23-11-16)25(14-24-18)8-7-15-5-3-2-4-6-15/h2-6,9,11,14,17,19,27H,7-8,10,12-13H2,1H3/t17-,19-/m1/s1. The summed E-state index contributed by atoms with van der Waals surface area (Å²) in [5.74, 6) is -0.942. The van der Waals surface area contributed by atoms with Crippen molar-refractivity contribution in [3.8, 4) is 0 Å². The largest absolute Gasteiger partial charge is 0.469 e. The highest BCUT2D eigenvalue weighted by Gasteiger charge is 2.36. The number of nitrogens with zero attached hydrogens (tertiary/aromatic N) is 4. The molecule has 30 heavy (non-hydrogen) atoms. The fourth-order valence-corrected chi connectivity index (χ4v) is 3.82. The number of aryl methyl sites for hydroxylation is 2. The summed E-state index contributed by atoms with van der Waals surface area (Å²) in [7, 11) is 1.31. The summed E-state index contributed by atoms with van der Waals surface area (Å²) in [5.41, 5.74) is 3.04. The van der Waals surface area contributed by atoms with Gasteiger partial charge in [-0.25, -0.2) is 9.97 Å². The molecule has 0 saturated carbocycles. The Hall–Kier alpha value is -3.26. The highest BCUT2D eigenvalue weighted by Crippen LogP contribution is 2.23. The average Bonchev–Trinajstić information content (AvgIpc) is 3.35. The third-order valence-electron chi connectivity index (χ3n) is 5.54. The van der Waals surface area contributed by atoms with Crippen LogP contribution in [0.4, 0.5) is 0 Å². The Balaban J connectivity index is 1.45. The molecule has 3 aromatic rings. The SMILES string of the molecule is COC(=O)C[C@@H]1CN(C(=O)c2cnc3c(c2)ncn3CCc2ccccc2)C[C@H]1O. The lowest BCUT2D eigenvalue weighted by Crippen LogP contribution is -2.29. The third kappa shape index (κ3) is 4.18. The van der Waals surface area contributed by atoms with E-state index in [9.17, 15) is 14.7 Å². The molecule has 2 aromatic heterocycles. The van der Waals surface area contributed by atoms with Gasteiger partial charge in [0.25, 0.3) is 5.91 Å². The number of β-amino-alcohol motifs (C(OH)–C–C–N with tert-alkyl or cyclic N) is 1. The maximum absolute atomic E-state index is 12.9. The van der Waals surface area contributed by atoms with Gasteiger partial charge in [-0.05, 0) is 18.1 Å². The van der Waals surface area contributed by atoms with Gasteiger partial charge in [0.2, 0.25) is 0 Å². The van der Waals surface area contributed by atoms with E-state index in [0.29, 0.717) is 17.6 Å². The lowest BCUT2D eigenvalue weighted by molar-refractivity contribution is -0.142. The molecule has 2 atom stereocenters. The van der Waals surface area contributed by atoms with E-state index in [2.05, 4.69) is 26.8 Å². The number of benzene rings is 1. The molecule has 1 fully saturated rings. The second-order valence-electron chi connectivity index (χ2n) is 7.56. The molecule has 4 rings (SSSR count). The van der Waals surface area contributed by atoms with E-state index in [0.717, 1.165) is 18.6 Å². The number of aliphatic hydroxyl groups excluding tert-OH is 1. The number of carbonyl (C=O) groups excluding carboxylic acids is 2. The van der Waals surface area contributed by atoms with Gasteiger partial charge >= 0.3 is 5.97 Å². The third-order valence-corrected chi connectivity index (χ3v) is 5.54. The zero-order chi connectivity index (χ0) is 21.1. The number of fused-ring (bicyclic) bond motifs is 1. The van der Waals surface area contributed by atoms with Crippen molar-refractivity contribution in [1.29, 1.82) is 0 Å². The molecule has 8 heteroatoms. The van der Waals surface area contributed by atoms with Crippen molar-refractivity contribution in [3.63, 3.8) is 0 Å². The van der Waals surface area contributed by atoms with Crippen LogP contribution < -0.4 is 0 Å². The van der Waals surface area contributed by atoms with Gasteiger partial charge in [-0.15, -0.1) is 0 Å². The molecular formula is C22H24N4O4. The number of aromatic nitrogens is 3. The number of ether oxygens (including phenoxy) is 1. The summed E-state index contributed by atoms with van der Waals surface area (Å²) in [5, 5.41) is 10.2. The van der Waals surface area contributed by atoms with E-state index in [4.69, 9.17) is 0 Å². The highest BCUT2D eigenvalue weighted by atomic mass is 16.5. The normalized spacial score (nSPS) is 18.7. The highest BCUT2D eigenvalue weighted by molar-refractivity contribution is 5.96. The molecule has 1 amide bonds. The van der Waals surface area contributed by atoms with Crippen molar-refractivity contribution < 1.29 is 19.4 Å². The van der Waals surface area contributed by atoms with Crippen molar-refractivity contribution in [3.05, 3.63) is 60.0 Å². The topological polar surface area (TPSA) is 97.5 Å².